The van der Waals surface area contributed by atoms with E-state index in [4.69, 9.17) is 5.73 Å². The SMILES string of the molecule is CC1(C)CCCCCC(N)=NCCCC1. The molecular weight excluding hydrogens is 184 g/mol. The van der Waals surface area contributed by atoms with Crippen LogP contribution in [0.1, 0.15) is 65.2 Å². The highest BCUT2D eigenvalue weighted by atomic mass is 14.8. The first kappa shape index (κ1) is 12.5. The minimum Gasteiger partial charge on any atom is -0.387 e. The molecule has 1 heterocycles. The second-order valence-corrected chi connectivity index (χ2v) is 5.56. The Labute approximate surface area is 94.3 Å². The number of hydrogen-bond acceptors (Lipinski definition) is 2. The Morgan fingerprint density at radius 3 is 2.40 bits per heavy atom. The number of rotatable bonds is 0. The van der Waals surface area contributed by atoms with Gasteiger partial charge in [0.25, 0.3) is 0 Å². The highest BCUT2D eigenvalue weighted by Gasteiger charge is 2.16. The molecule has 1 aliphatic heterocycles. The van der Waals surface area contributed by atoms with Crippen molar-refractivity contribution in [3.63, 3.8) is 0 Å². The van der Waals surface area contributed by atoms with Crippen molar-refractivity contribution in [3.8, 4) is 0 Å². The Hall–Kier alpha value is -0.530. The Morgan fingerprint density at radius 2 is 1.67 bits per heavy atom. The topological polar surface area (TPSA) is 38.4 Å². The van der Waals surface area contributed by atoms with E-state index in [-0.39, 0.29) is 0 Å². The van der Waals surface area contributed by atoms with Gasteiger partial charge in [-0.05, 0) is 31.1 Å². The molecule has 2 heteroatoms. The molecule has 0 saturated carbocycles. The van der Waals surface area contributed by atoms with Crippen LogP contribution in [0.4, 0.5) is 0 Å². The van der Waals surface area contributed by atoms with Gasteiger partial charge < -0.3 is 5.73 Å². The maximum atomic E-state index is 5.82. The van der Waals surface area contributed by atoms with E-state index < -0.39 is 0 Å². The highest BCUT2D eigenvalue weighted by Crippen LogP contribution is 2.30. The van der Waals surface area contributed by atoms with Crippen LogP contribution in [0.15, 0.2) is 4.99 Å². The predicted molar refractivity (Wildman–Crippen MR) is 67.2 cm³/mol. The summed E-state index contributed by atoms with van der Waals surface area (Å²) in [5.74, 6) is 0.870. The average Bonchev–Trinajstić information content (AvgIpc) is 2.14. The van der Waals surface area contributed by atoms with Crippen molar-refractivity contribution in [1.82, 2.24) is 0 Å². The molecule has 0 aromatic rings. The van der Waals surface area contributed by atoms with Crippen LogP contribution in [0, 0.1) is 5.41 Å². The second kappa shape index (κ2) is 6.14. The van der Waals surface area contributed by atoms with Gasteiger partial charge in [-0.2, -0.15) is 0 Å². The van der Waals surface area contributed by atoms with Crippen LogP contribution in [0.5, 0.6) is 0 Å². The lowest BCUT2D eigenvalue weighted by Gasteiger charge is -2.24. The van der Waals surface area contributed by atoms with E-state index in [1.165, 1.54) is 44.9 Å². The summed E-state index contributed by atoms with van der Waals surface area (Å²) in [6, 6.07) is 0. The van der Waals surface area contributed by atoms with Crippen molar-refractivity contribution in [1.29, 1.82) is 0 Å². The van der Waals surface area contributed by atoms with E-state index >= 15 is 0 Å². The minimum atomic E-state index is 0.536. The van der Waals surface area contributed by atoms with Gasteiger partial charge in [-0.15, -0.1) is 0 Å². The molecule has 0 atom stereocenters. The molecule has 2 N–H and O–H groups in total. The Balaban J connectivity index is 2.40. The van der Waals surface area contributed by atoms with Crippen LogP contribution in [0.25, 0.3) is 0 Å². The molecule has 2 nitrogen and oxygen atoms in total. The summed E-state index contributed by atoms with van der Waals surface area (Å²) in [5.41, 5.74) is 6.35. The van der Waals surface area contributed by atoms with E-state index in [0.29, 0.717) is 5.41 Å². The molecule has 0 spiro atoms. The van der Waals surface area contributed by atoms with E-state index in [2.05, 4.69) is 18.8 Å². The van der Waals surface area contributed by atoms with Gasteiger partial charge in [0, 0.05) is 13.0 Å². The van der Waals surface area contributed by atoms with Crippen molar-refractivity contribution in [3.05, 3.63) is 0 Å². The first-order valence-corrected chi connectivity index (χ1v) is 6.39. The standard InChI is InChI=1S/C13H26N2/c1-13(2)9-5-3-4-8-12(14)15-11-7-6-10-13/h3-11H2,1-2H3,(H2,14,15). The van der Waals surface area contributed by atoms with Crippen molar-refractivity contribution in [2.45, 2.75) is 65.2 Å². The zero-order valence-electron chi connectivity index (χ0n) is 10.4. The molecule has 1 rings (SSSR count). The predicted octanol–water partition coefficient (Wildman–Crippen LogP) is 3.50. The van der Waals surface area contributed by atoms with Crippen LogP contribution in [-0.2, 0) is 0 Å². The van der Waals surface area contributed by atoms with Crippen LogP contribution >= 0.6 is 0 Å². The zero-order valence-corrected chi connectivity index (χ0v) is 10.4. The number of amidine groups is 1. The minimum absolute atomic E-state index is 0.536. The number of hydrogen-bond donors (Lipinski definition) is 1. The van der Waals surface area contributed by atoms with Crippen LogP contribution < -0.4 is 5.73 Å². The molecule has 0 unspecified atom stereocenters. The summed E-state index contributed by atoms with van der Waals surface area (Å²) >= 11 is 0. The van der Waals surface area contributed by atoms with Crippen LogP contribution in [0.2, 0.25) is 0 Å². The van der Waals surface area contributed by atoms with Gasteiger partial charge >= 0.3 is 0 Å². The molecule has 0 aliphatic carbocycles. The third-order valence-electron chi connectivity index (χ3n) is 3.36. The van der Waals surface area contributed by atoms with Gasteiger partial charge in [-0.3, -0.25) is 4.99 Å². The Bertz CT molecular complexity index is 207. The Kier molecular flexibility index (Phi) is 5.13. The fourth-order valence-corrected chi connectivity index (χ4v) is 2.23. The Morgan fingerprint density at radius 1 is 1.00 bits per heavy atom. The fraction of sp³-hybridized carbons (Fsp3) is 0.923. The quantitative estimate of drug-likeness (QED) is 0.653. The highest BCUT2D eigenvalue weighted by molar-refractivity contribution is 5.80. The molecule has 0 amide bonds. The number of nitrogens with two attached hydrogens (primary N) is 1. The van der Waals surface area contributed by atoms with Gasteiger partial charge in [0.2, 0.25) is 0 Å². The first-order chi connectivity index (χ1) is 7.10. The fourth-order valence-electron chi connectivity index (χ4n) is 2.23. The summed E-state index contributed by atoms with van der Waals surface area (Å²) in [6.07, 6.45) is 10.1. The average molecular weight is 210 g/mol. The lowest BCUT2D eigenvalue weighted by Crippen LogP contribution is -2.14. The van der Waals surface area contributed by atoms with Crippen molar-refractivity contribution in [2.75, 3.05) is 6.54 Å². The molecule has 0 fully saturated rings. The molecule has 0 aromatic carbocycles. The molecule has 0 aromatic heterocycles. The second-order valence-electron chi connectivity index (χ2n) is 5.56. The number of aliphatic imine (C=N–C) groups is 1. The summed E-state index contributed by atoms with van der Waals surface area (Å²) in [4.78, 5) is 4.40. The first-order valence-electron chi connectivity index (χ1n) is 6.39. The van der Waals surface area contributed by atoms with E-state index in [1.807, 2.05) is 0 Å². The monoisotopic (exact) mass is 210 g/mol. The van der Waals surface area contributed by atoms with Gasteiger partial charge in [0.1, 0.15) is 0 Å². The summed E-state index contributed by atoms with van der Waals surface area (Å²) < 4.78 is 0. The third kappa shape index (κ3) is 5.81. The van der Waals surface area contributed by atoms with Gasteiger partial charge in [0.05, 0.1) is 5.84 Å². The van der Waals surface area contributed by atoms with E-state index in [0.717, 1.165) is 18.8 Å². The van der Waals surface area contributed by atoms with Gasteiger partial charge in [-0.25, -0.2) is 0 Å². The molecular formula is C13H26N2. The van der Waals surface area contributed by atoms with Crippen molar-refractivity contribution in [2.24, 2.45) is 16.1 Å². The largest absolute Gasteiger partial charge is 0.387 e. The molecule has 88 valence electrons. The van der Waals surface area contributed by atoms with Crippen LogP contribution in [-0.4, -0.2) is 12.4 Å². The van der Waals surface area contributed by atoms with Gasteiger partial charge in [0.15, 0.2) is 0 Å². The van der Waals surface area contributed by atoms with Crippen molar-refractivity contribution < 1.29 is 0 Å². The summed E-state index contributed by atoms with van der Waals surface area (Å²) in [6.45, 7) is 5.73. The van der Waals surface area contributed by atoms with Gasteiger partial charge in [-0.1, -0.05) is 33.1 Å². The zero-order chi connectivity index (χ0) is 11.1. The normalized spacial score (nSPS) is 24.8. The maximum absolute atomic E-state index is 5.82. The maximum Gasteiger partial charge on any atom is 0.0937 e. The molecule has 15 heavy (non-hydrogen) atoms. The summed E-state index contributed by atoms with van der Waals surface area (Å²) in [7, 11) is 0. The third-order valence-corrected chi connectivity index (χ3v) is 3.36. The lowest BCUT2D eigenvalue weighted by molar-refractivity contribution is 0.285. The number of nitrogens with zero attached hydrogens (tertiary/aromatic N) is 1. The molecule has 0 bridgehead atoms. The van der Waals surface area contributed by atoms with Crippen molar-refractivity contribution >= 4 is 5.84 Å². The summed E-state index contributed by atoms with van der Waals surface area (Å²) in [5, 5.41) is 0. The smallest absolute Gasteiger partial charge is 0.0937 e. The van der Waals surface area contributed by atoms with E-state index in [1.54, 1.807) is 0 Å². The van der Waals surface area contributed by atoms with E-state index in [9.17, 15) is 0 Å². The molecule has 1 aliphatic rings. The molecule has 0 radical (unpaired) electrons. The lowest BCUT2D eigenvalue weighted by atomic mass is 9.82. The molecule has 0 saturated heterocycles. The van der Waals surface area contributed by atoms with Crippen LogP contribution in [0.3, 0.4) is 0 Å².